The van der Waals surface area contributed by atoms with E-state index in [4.69, 9.17) is 10.5 Å². The first-order valence-corrected chi connectivity index (χ1v) is 10.8. The van der Waals surface area contributed by atoms with Crippen LogP contribution in [0.1, 0.15) is 69.1 Å². The number of nitrogens with two attached hydrogens (primary N) is 1. The van der Waals surface area contributed by atoms with Crippen molar-refractivity contribution >= 4 is 21.9 Å². The highest BCUT2D eigenvalue weighted by atomic mass is 79.9. The molecule has 5 nitrogen and oxygen atoms in total. The summed E-state index contributed by atoms with van der Waals surface area (Å²) in [5, 5.41) is 19.0. The van der Waals surface area contributed by atoms with Gasteiger partial charge in [-0.2, -0.15) is 0 Å². The van der Waals surface area contributed by atoms with Crippen molar-refractivity contribution in [2.24, 2.45) is 5.73 Å². The fourth-order valence-corrected chi connectivity index (χ4v) is 3.51. The predicted molar refractivity (Wildman–Crippen MR) is 119 cm³/mol. The number of hydrogen-bond donors (Lipinski definition) is 3. The zero-order valence-corrected chi connectivity index (χ0v) is 19.0. The van der Waals surface area contributed by atoms with E-state index in [0.29, 0.717) is 10.2 Å². The van der Waals surface area contributed by atoms with E-state index >= 15 is 0 Å². The summed E-state index contributed by atoms with van der Waals surface area (Å²) in [6, 6.07) is 8.16. The molecule has 3 atom stereocenters. The van der Waals surface area contributed by atoms with Gasteiger partial charge in [-0.3, -0.25) is 4.79 Å². The molecule has 3 unspecified atom stereocenters. The van der Waals surface area contributed by atoms with Gasteiger partial charge in [-0.1, -0.05) is 39.8 Å². The van der Waals surface area contributed by atoms with Crippen molar-refractivity contribution in [3.63, 3.8) is 0 Å². The van der Waals surface area contributed by atoms with E-state index in [2.05, 4.69) is 43.6 Å². The Morgan fingerprint density at radius 1 is 1.10 bits per heavy atom. The van der Waals surface area contributed by atoms with Gasteiger partial charge in [0.25, 0.3) is 0 Å². The number of benzene rings is 2. The van der Waals surface area contributed by atoms with E-state index < -0.39 is 12.0 Å². The van der Waals surface area contributed by atoms with E-state index in [1.807, 2.05) is 12.1 Å². The molecule has 0 fully saturated rings. The summed E-state index contributed by atoms with van der Waals surface area (Å²) >= 11 is 3.33. The number of carboxylic acid groups (broad SMARTS) is 1. The number of halogens is 1. The average Bonchev–Trinajstić information content (AvgIpc) is 2.70. The number of aromatic hydroxyl groups is 1. The first-order chi connectivity index (χ1) is 13.7. The molecule has 2 rings (SSSR count). The molecule has 0 amide bonds. The monoisotopic (exact) mass is 463 g/mol. The third kappa shape index (κ3) is 5.73. The SMILES string of the molecule is CCC(C)c1cc(CC(N)C(=O)O)cc(C(C)CC)c1Oc1ccc(O)c(Br)c1. The zero-order valence-electron chi connectivity index (χ0n) is 17.4. The van der Waals surface area contributed by atoms with Crippen LogP contribution in [0.15, 0.2) is 34.8 Å². The van der Waals surface area contributed by atoms with Crippen LogP contribution in [0.25, 0.3) is 0 Å². The van der Waals surface area contributed by atoms with Gasteiger partial charge >= 0.3 is 5.97 Å². The van der Waals surface area contributed by atoms with Crippen molar-refractivity contribution in [2.45, 2.75) is 64.8 Å². The largest absolute Gasteiger partial charge is 0.507 e. The summed E-state index contributed by atoms with van der Waals surface area (Å²) < 4.78 is 6.91. The maximum atomic E-state index is 11.2. The fraction of sp³-hybridized carbons (Fsp3) is 0.435. The van der Waals surface area contributed by atoms with Crippen LogP contribution >= 0.6 is 15.9 Å². The smallest absolute Gasteiger partial charge is 0.320 e. The van der Waals surface area contributed by atoms with Crippen LogP contribution in [0.3, 0.4) is 0 Å². The molecule has 0 bridgehead atoms. The summed E-state index contributed by atoms with van der Waals surface area (Å²) in [5.41, 5.74) is 8.79. The summed E-state index contributed by atoms with van der Waals surface area (Å²) in [6.45, 7) is 8.50. The molecule has 0 aromatic heterocycles. The number of carbonyl (C=O) groups is 1. The van der Waals surface area contributed by atoms with Gasteiger partial charge in [0, 0.05) is 0 Å². The van der Waals surface area contributed by atoms with Crippen molar-refractivity contribution in [2.75, 3.05) is 0 Å². The van der Waals surface area contributed by atoms with Crippen molar-refractivity contribution in [3.8, 4) is 17.2 Å². The van der Waals surface area contributed by atoms with Gasteiger partial charge in [0.15, 0.2) is 0 Å². The Balaban J connectivity index is 2.60. The van der Waals surface area contributed by atoms with E-state index in [-0.39, 0.29) is 24.0 Å². The van der Waals surface area contributed by atoms with Crippen LogP contribution in [0.5, 0.6) is 17.2 Å². The molecule has 0 saturated heterocycles. The second-order valence-electron chi connectivity index (χ2n) is 7.59. The highest BCUT2D eigenvalue weighted by Crippen LogP contribution is 2.41. The Kier molecular flexibility index (Phi) is 8.11. The molecule has 0 spiro atoms. The zero-order chi connectivity index (χ0) is 21.7. The lowest BCUT2D eigenvalue weighted by Crippen LogP contribution is -2.32. The van der Waals surface area contributed by atoms with Gasteiger partial charge in [-0.25, -0.2) is 0 Å². The number of phenolic OH excluding ortho intramolecular Hbond substituents is 1. The number of rotatable bonds is 9. The number of carboxylic acids is 1. The summed E-state index contributed by atoms with van der Waals surface area (Å²) in [7, 11) is 0. The molecular formula is C23H30BrNO4. The van der Waals surface area contributed by atoms with Crippen molar-refractivity contribution in [3.05, 3.63) is 51.5 Å². The van der Waals surface area contributed by atoms with Crippen LogP contribution < -0.4 is 10.5 Å². The molecule has 0 saturated carbocycles. The highest BCUT2D eigenvalue weighted by molar-refractivity contribution is 9.10. The molecule has 0 aliphatic carbocycles. The second kappa shape index (κ2) is 10.1. The molecule has 2 aromatic carbocycles. The van der Waals surface area contributed by atoms with Gasteiger partial charge in [-0.15, -0.1) is 0 Å². The van der Waals surface area contributed by atoms with Crippen LogP contribution in [0.4, 0.5) is 0 Å². The minimum Gasteiger partial charge on any atom is -0.507 e. The molecule has 4 N–H and O–H groups in total. The van der Waals surface area contributed by atoms with Crippen molar-refractivity contribution in [1.29, 1.82) is 0 Å². The van der Waals surface area contributed by atoms with Crippen LogP contribution in [0, 0.1) is 0 Å². The van der Waals surface area contributed by atoms with E-state index in [1.165, 1.54) is 0 Å². The minimum absolute atomic E-state index is 0.152. The van der Waals surface area contributed by atoms with E-state index in [1.54, 1.807) is 18.2 Å². The van der Waals surface area contributed by atoms with Crippen LogP contribution in [0.2, 0.25) is 0 Å². The number of phenols is 1. The third-order valence-electron chi connectivity index (χ3n) is 5.40. The van der Waals surface area contributed by atoms with E-state index in [9.17, 15) is 15.0 Å². The van der Waals surface area contributed by atoms with Gasteiger partial charge in [0.2, 0.25) is 0 Å². The number of aliphatic carboxylic acids is 1. The van der Waals surface area contributed by atoms with Crippen LogP contribution in [-0.2, 0) is 11.2 Å². The Bertz CT molecular complexity index is 837. The molecule has 0 radical (unpaired) electrons. The normalized spacial score (nSPS) is 14.3. The first-order valence-electron chi connectivity index (χ1n) is 9.99. The molecule has 6 heteroatoms. The van der Waals surface area contributed by atoms with Gasteiger partial charge in [0.05, 0.1) is 4.47 Å². The van der Waals surface area contributed by atoms with Gasteiger partial charge in [-0.05, 0) is 81.9 Å². The Morgan fingerprint density at radius 3 is 2.10 bits per heavy atom. The predicted octanol–water partition coefficient (Wildman–Crippen LogP) is 5.93. The Labute approximate surface area is 181 Å². The molecule has 29 heavy (non-hydrogen) atoms. The van der Waals surface area contributed by atoms with Gasteiger partial charge in [0.1, 0.15) is 23.3 Å². The van der Waals surface area contributed by atoms with Crippen LogP contribution in [-0.4, -0.2) is 22.2 Å². The van der Waals surface area contributed by atoms with Crippen molar-refractivity contribution in [1.82, 2.24) is 0 Å². The van der Waals surface area contributed by atoms with Gasteiger partial charge < -0.3 is 20.7 Å². The minimum atomic E-state index is -1.01. The highest BCUT2D eigenvalue weighted by Gasteiger charge is 2.22. The second-order valence-corrected chi connectivity index (χ2v) is 8.44. The molecule has 2 aromatic rings. The first kappa shape index (κ1) is 23.2. The Morgan fingerprint density at radius 2 is 1.66 bits per heavy atom. The molecule has 0 aliphatic rings. The number of ether oxygens (including phenoxy) is 1. The maximum Gasteiger partial charge on any atom is 0.320 e. The summed E-state index contributed by atoms with van der Waals surface area (Å²) in [6.07, 6.45) is 2.11. The lowest BCUT2D eigenvalue weighted by Gasteiger charge is -2.24. The number of hydrogen-bond acceptors (Lipinski definition) is 4. The fourth-order valence-electron chi connectivity index (χ4n) is 3.16. The maximum absolute atomic E-state index is 11.2. The third-order valence-corrected chi connectivity index (χ3v) is 6.04. The molecular weight excluding hydrogens is 434 g/mol. The molecule has 0 aliphatic heterocycles. The molecule has 0 heterocycles. The lowest BCUT2D eigenvalue weighted by atomic mass is 9.87. The van der Waals surface area contributed by atoms with Crippen molar-refractivity contribution < 1.29 is 19.7 Å². The topological polar surface area (TPSA) is 92.8 Å². The summed E-state index contributed by atoms with van der Waals surface area (Å²) in [4.78, 5) is 11.2. The standard InChI is InChI=1S/C23H30BrNO4/c1-5-13(3)17-9-15(11-20(25)23(27)28)10-18(14(4)6-2)22(17)29-16-7-8-21(26)19(24)12-16/h7-10,12-14,20,26H,5-6,11,25H2,1-4H3,(H,27,28). The molecule has 158 valence electrons. The van der Waals surface area contributed by atoms with E-state index in [0.717, 1.165) is 35.3 Å². The Hall–Kier alpha value is -2.05. The summed E-state index contributed by atoms with van der Waals surface area (Å²) in [5.74, 6) is 1.04. The quantitative estimate of drug-likeness (QED) is 0.428. The average molecular weight is 464 g/mol. The lowest BCUT2D eigenvalue weighted by molar-refractivity contribution is -0.138.